The second-order valence-corrected chi connectivity index (χ2v) is 4.37. The zero-order chi connectivity index (χ0) is 13.4. The number of rotatable bonds is 2. The van der Waals surface area contributed by atoms with E-state index in [4.69, 9.17) is 11.6 Å². The molecule has 0 radical (unpaired) electrons. The Balaban J connectivity index is 2.69. The van der Waals surface area contributed by atoms with E-state index < -0.39 is 17.5 Å². The Morgan fingerprint density at radius 2 is 1.67 bits per heavy atom. The number of benzene rings is 1. The topological polar surface area (TPSA) is 30.7 Å². The summed E-state index contributed by atoms with van der Waals surface area (Å²) in [5, 5.41) is 7.28. The molecule has 96 valence electrons. The molecule has 0 bridgehead atoms. The van der Waals surface area contributed by atoms with E-state index in [9.17, 15) is 13.2 Å². The minimum absolute atomic E-state index is 0.0995. The van der Waals surface area contributed by atoms with E-state index >= 15 is 0 Å². The second kappa shape index (κ2) is 4.61. The standard InChI is InChI=1S/C11H9ClF3N3/c1-5(2)10-16-17-11(12)18(10)9-4-7(14)6(13)3-8(9)15/h3-5H,1-2H3. The van der Waals surface area contributed by atoms with Crippen molar-refractivity contribution in [2.24, 2.45) is 0 Å². The predicted octanol–water partition coefficient (Wildman–Crippen LogP) is 3.46. The fraction of sp³-hybridized carbons (Fsp3) is 0.273. The zero-order valence-electron chi connectivity index (χ0n) is 9.59. The fourth-order valence-electron chi connectivity index (χ4n) is 1.56. The van der Waals surface area contributed by atoms with Crippen LogP contribution in [-0.4, -0.2) is 14.8 Å². The molecular weight excluding hydrogens is 267 g/mol. The maximum Gasteiger partial charge on any atom is 0.229 e. The van der Waals surface area contributed by atoms with Crippen LogP contribution in [0.5, 0.6) is 0 Å². The molecule has 1 aromatic heterocycles. The van der Waals surface area contributed by atoms with Gasteiger partial charge in [-0.25, -0.2) is 13.2 Å². The van der Waals surface area contributed by atoms with Gasteiger partial charge in [-0.05, 0) is 11.6 Å². The largest absolute Gasteiger partial charge is 0.266 e. The lowest BCUT2D eigenvalue weighted by Gasteiger charge is -2.11. The van der Waals surface area contributed by atoms with Crippen molar-refractivity contribution >= 4 is 11.6 Å². The molecule has 0 saturated carbocycles. The fourth-order valence-corrected chi connectivity index (χ4v) is 1.77. The third-order valence-corrected chi connectivity index (χ3v) is 2.64. The number of hydrogen-bond acceptors (Lipinski definition) is 2. The van der Waals surface area contributed by atoms with Crippen molar-refractivity contribution in [2.75, 3.05) is 0 Å². The summed E-state index contributed by atoms with van der Waals surface area (Å²) < 4.78 is 40.9. The summed E-state index contributed by atoms with van der Waals surface area (Å²) in [6.45, 7) is 3.60. The molecule has 2 aromatic rings. The SMILES string of the molecule is CC(C)c1nnc(Cl)n1-c1cc(F)c(F)cc1F. The van der Waals surface area contributed by atoms with Crippen LogP contribution in [0.4, 0.5) is 13.2 Å². The highest BCUT2D eigenvalue weighted by molar-refractivity contribution is 6.28. The second-order valence-electron chi connectivity index (χ2n) is 4.04. The summed E-state index contributed by atoms with van der Waals surface area (Å²) in [7, 11) is 0. The van der Waals surface area contributed by atoms with Gasteiger partial charge in [0, 0.05) is 18.1 Å². The molecule has 1 heterocycles. The average molecular weight is 276 g/mol. The van der Waals surface area contributed by atoms with Gasteiger partial charge in [0.1, 0.15) is 11.6 Å². The Morgan fingerprint density at radius 1 is 1.06 bits per heavy atom. The molecule has 0 unspecified atom stereocenters. The molecule has 0 fully saturated rings. The minimum atomic E-state index is -1.26. The van der Waals surface area contributed by atoms with Gasteiger partial charge in [-0.2, -0.15) is 0 Å². The van der Waals surface area contributed by atoms with Crippen LogP contribution in [0.25, 0.3) is 5.69 Å². The molecule has 0 N–H and O–H groups in total. The molecule has 0 aliphatic rings. The number of nitrogens with zero attached hydrogens (tertiary/aromatic N) is 3. The van der Waals surface area contributed by atoms with Crippen LogP contribution in [-0.2, 0) is 0 Å². The normalized spacial score (nSPS) is 11.3. The Bertz CT molecular complexity index is 595. The van der Waals surface area contributed by atoms with Crippen LogP contribution in [0, 0.1) is 17.5 Å². The summed E-state index contributed by atoms with van der Waals surface area (Å²) in [5.74, 6) is -3.09. The minimum Gasteiger partial charge on any atom is -0.266 e. The molecule has 0 amide bonds. The molecule has 0 aliphatic carbocycles. The van der Waals surface area contributed by atoms with E-state index in [-0.39, 0.29) is 16.9 Å². The molecule has 3 nitrogen and oxygen atoms in total. The number of halogens is 4. The van der Waals surface area contributed by atoms with Gasteiger partial charge in [0.15, 0.2) is 11.6 Å². The average Bonchev–Trinajstić information content (AvgIpc) is 2.66. The summed E-state index contributed by atoms with van der Waals surface area (Å²) in [4.78, 5) is 0. The Morgan fingerprint density at radius 3 is 2.28 bits per heavy atom. The number of aromatic nitrogens is 3. The predicted molar refractivity (Wildman–Crippen MR) is 60.3 cm³/mol. The molecule has 0 spiro atoms. The lowest BCUT2D eigenvalue weighted by atomic mass is 10.2. The quantitative estimate of drug-likeness (QED) is 0.786. The highest BCUT2D eigenvalue weighted by atomic mass is 35.5. The van der Waals surface area contributed by atoms with Crippen molar-refractivity contribution < 1.29 is 13.2 Å². The molecule has 0 aliphatic heterocycles. The first-order valence-electron chi connectivity index (χ1n) is 5.17. The number of hydrogen-bond donors (Lipinski definition) is 0. The maximum atomic E-state index is 13.7. The van der Waals surface area contributed by atoms with E-state index in [1.807, 2.05) is 0 Å². The molecule has 2 rings (SSSR count). The molecule has 7 heteroatoms. The molecule has 1 aromatic carbocycles. The summed E-state index contributed by atoms with van der Waals surface area (Å²) in [6.07, 6.45) is 0. The van der Waals surface area contributed by atoms with Crippen molar-refractivity contribution in [2.45, 2.75) is 19.8 Å². The first-order valence-corrected chi connectivity index (χ1v) is 5.55. The summed E-state index contributed by atoms with van der Waals surface area (Å²) >= 11 is 5.79. The Labute approximate surface area is 106 Å². The zero-order valence-corrected chi connectivity index (χ0v) is 10.3. The third kappa shape index (κ3) is 2.08. The third-order valence-electron chi connectivity index (χ3n) is 2.40. The van der Waals surface area contributed by atoms with Crippen molar-refractivity contribution in [1.29, 1.82) is 0 Å². The van der Waals surface area contributed by atoms with Gasteiger partial charge in [0.25, 0.3) is 0 Å². The summed E-state index contributed by atoms with van der Waals surface area (Å²) in [6, 6.07) is 1.19. The first kappa shape index (κ1) is 12.9. The van der Waals surface area contributed by atoms with Gasteiger partial charge in [0.05, 0.1) is 5.69 Å². The van der Waals surface area contributed by atoms with Crippen LogP contribution >= 0.6 is 11.6 Å². The lowest BCUT2D eigenvalue weighted by Crippen LogP contribution is -2.06. The van der Waals surface area contributed by atoms with Crippen molar-refractivity contribution in [1.82, 2.24) is 14.8 Å². The highest BCUT2D eigenvalue weighted by Gasteiger charge is 2.19. The van der Waals surface area contributed by atoms with Crippen LogP contribution < -0.4 is 0 Å². The van der Waals surface area contributed by atoms with Gasteiger partial charge in [-0.3, -0.25) is 4.57 Å². The first-order chi connectivity index (χ1) is 8.41. The highest BCUT2D eigenvalue weighted by Crippen LogP contribution is 2.25. The summed E-state index contributed by atoms with van der Waals surface area (Å²) in [5.41, 5.74) is -0.215. The monoisotopic (exact) mass is 275 g/mol. The van der Waals surface area contributed by atoms with Crippen LogP contribution in [0.1, 0.15) is 25.6 Å². The molecule has 18 heavy (non-hydrogen) atoms. The Hall–Kier alpha value is -1.56. The van der Waals surface area contributed by atoms with E-state index in [2.05, 4.69) is 10.2 Å². The van der Waals surface area contributed by atoms with Crippen LogP contribution in [0.15, 0.2) is 12.1 Å². The van der Waals surface area contributed by atoms with Gasteiger partial charge in [0.2, 0.25) is 5.28 Å². The van der Waals surface area contributed by atoms with Crippen molar-refractivity contribution in [3.8, 4) is 5.69 Å². The van der Waals surface area contributed by atoms with E-state index in [1.165, 1.54) is 0 Å². The van der Waals surface area contributed by atoms with Gasteiger partial charge in [-0.1, -0.05) is 13.8 Å². The molecule has 0 saturated heterocycles. The van der Waals surface area contributed by atoms with Crippen molar-refractivity contribution in [3.05, 3.63) is 40.7 Å². The van der Waals surface area contributed by atoms with E-state index in [1.54, 1.807) is 13.8 Å². The van der Waals surface area contributed by atoms with Crippen molar-refractivity contribution in [3.63, 3.8) is 0 Å². The smallest absolute Gasteiger partial charge is 0.229 e. The molecular formula is C11H9ClF3N3. The van der Waals surface area contributed by atoms with Crippen LogP contribution in [0.2, 0.25) is 5.28 Å². The van der Waals surface area contributed by atoms with Crippen LogP contribution in [0.3, 0.4) is 0 Å². The maximum absolute atomic E-state index is 13.7. The van der Waals surface area contributed by atoms with Gasteiger partial charge in [-0.15, -0.1) is 10.2 Å². The lowest BCUT2D eigenvalue weighted by molar-refractivity contribution is 0.492. The molecule has 0 atom stereocenters. The Kier molecular flexibility index (Phi) is 3.30. The van der Waals surface area contributed by atoms with E-state index in [0.29, 0.717) is 11.9 Å². The van der Waals surface area contributed by atoms with E-state index in [0.717, 1.165) is 10.6 Å². The van der Waals surface area contributed by atoms with Gasteiger partial charge >= 0.3 is 0 Å². The van der Waals surface area contributed by atoms with Gasteiger partial charge < -0.3 is 0 Å².